The molecule has 0 aliphatic rings. The predicted octanol–water partition coefficient (Wildman–Crippen LogP) is 4.17. The quantitative estimate of drug-likeness (QED) is 0.663. The van der Waals surface area contributed by atoms with Crippen LogP contribution in [-0.4, -0.2) is 19.2 Å². The average molecular weight is 348 g/mol. The molecule has 0 aliphatic heterocycles. The molecule has 1 heterocycles. The number of nitrogens with one attached hydrogen (secondary N) is 1. The van der Waals surface area contributed by atoms with Crippen LogP contribution in [0.2, 0.25) is 0 Å². The number of ether oxygens (including phenoxy) is 2. The van der Waals surface area contributed by atoms with E-state index in [-0.39, 0.29) is 6.04 Å². The Morgan fingerprint density at radius 3 is 2.08 bits per heavy atom. The number of nitrogens with zero attached hydrogens (tertiary/aromatic N) is 1. The maximum Gasteiger partial charge on any atom is 0.118 e. The molecular formula is C22H24N2O2. The Kier molecular flexibility index (Phi) is 6.23. The van der Waals surface area contributed by atoms with E-state index in [0.29, 0.717) is 0 Å². The Morgan fingerprint density at radius 2 is 1.50 bits per heavy atom. The number of methoxy groups -OCH3 is 2. The van der Waals surface area contributed by atoms with E-state index in [1.54, 1.807) is 20.4 Å². The van der Waals surface area contributed by atoms with Crippen molar-refractivity contribution in [2.24, 2.45) is 0 Å². The Labute approximate surface area is 154 Å². The fourth-order valence-electron chi connectivity index (χ4n) is 2.89. The van der Waals surface area contributed by atoms with Gasteiger partial charge in [0.05, 0.1) is 14.2 Å². The number of aromatic nitrogens is 1. The summed E-state index contributed by atoms with van der Waals surface area (Å²) in [7, 11) is 3.37. The molecule has 0 amide bonds. The van der Waals surface area contributed by atoms with Gasteiger partial charge in [-0.05, 0) is 53.4 Å². The van der Waals surface area contributed by atoms with E-state index in [4.69, 9.17) is 9.47 Å². The number of pyridine rings is 1. The summed E-state index contributed by atoms with van der Waals surface area (Å²) in [4.78, 5) is 4.19. The summed E-state index contributed by atoms with van der Waals surface area (Å²) >= 11 is 0. The third-order valence-electron chi connectivity index (χ3n) is 4.39. The third kappa shape index (κ3) is 4.83. The van der Waals surface area contributed by atoms with Crippen LogP contribution in [0.4, 0.5) is 0 Å². The van der Waals surface area contributed by atoms with Crippen molar-refractivity contribution in [1.29, 1.82) is 0 Å². The molecule has 4 heteroatoms. The molecule has 0 bridgehead atoms. The topological polar surface area (TPSA) is 43.4 Å². The molecule has 1 N–H and O–H groups in total. The maximum atomic E-state index is 5.28. The highest BCUT2D eigenvalue weighted by Crippen LogP contribution is 2.23. The molecular weight excluding hydrogens is 324 g/mol. The summed E-state index contributed by atoms with van der Waals surface area (Å²) in [5.41, 5.74) is 3.65. The van der Waals surface area contributed by atoms with Gasteiger partial charge >= 0.3 is 0 Å². The molecule has 0 aliphatic carbocycles. The first-order chi connectivity index (χ1) is 12.8. The fourth-order valence-corrected chi connectivity index (χ4v) is 2.89. The summed E-state index contributed by atoms with van der Waals surface area (Å²) in [5, 5.41) is 3.65. The highest BCUT2D eigenvalue weighted by molar-refractivity contribution is 5.32. The Morgan fingerprint density at radius 1 is 0.846 bits per heavy atom. The standard InChI is InChI=1S/C22H24N2O2/c1-25-20-9-5-17(6-10-20)14-22(19-7-11-21(26-2)12-8-19)24-16-18-4-3-13-23-15-18/h3-13,15,22,24H,14,16H2,1-2H3. The van der Waals surface area contributed by atoms with Crippen LogP contribution in [-0.2, 0) is 13.0 Å². The lowest BCUT2D eigenvalue weighted by Gasteiger charge is -2.20. The molecule has 4 nitrogen and oxygen atoms in total. The lowest BCUT2D eigenvalue weighted by Crippen LogP contribution is -2.23. The molecule has 3 aromatic rings. The van der Waals surface area contributed by atoms with Crippen LogP contribution >= 0.6 is 0 Å². The van der Waals surface area contributed by atoms with E-state index in [1.807, 2.05) is 36.5 Å². The van der Waals surface area contributed by atoms with E-state index >= 15 is 0 Å². The van der Waals surface area contributed by atoms with E-state index in [9.17, 15) is 0 Å². The zero-order valence-electron chi connectivity index (χ0n) is 15.2. The summed E-state index contributed by atoms with van der Waals surface area (Å²) in [6, 6.07) is 20.7. The lowest BCUT2D eigenvalue weighted by molar-refractivity contribution is 0.414. The number of rotatable bonds is 8. The van der Waals surface area contributed by atoms with Gasteiger partial charge < -0.3 is 14.8 Å². The molecule has 0 saturated heterocycles. The summed E-state index contributed by atoms with van der Waals surface area (Å²) < 4.78 is 10.5. The van der Waals surface area contributed by atoms with Crippen molar-refractivity contribution in [3.8, 4) is 11.5 Å². The van der Waals surface area contributed by atoms with Gasteiger partial charge in [0.15, 0.2) is 0 Å². The first kappa shape index (κ1) is 18.0. The van der Waals surface area contributed by atoms with Crippen LogP contribution in [0.25, 0.3) is 0 Å². The van der Waals surface area contributed by atoms with Gasteiger partial charge in [-0.15, -0.1) is 0 Å². The van der Waals surface area contributed by atoms with Crippen LogP contribution in [0.3, 0.4) is 0 Å². The van der Waals surface area contributed by atoms with Gasteiger partial charge in [-0.3, -0.25) is 4.98 Å². The van der Waals surface area contributed by atoms with Gasteiger partial charge in [0.25, 0.3) is 0 Å². The Hall–Kier alpha value is -2.85. The van der Waals surface area contributed by atoms with Gasteiger partial charge in [-0.25, -0.2) is 0 Å². The van der Waals surface area contributed by atoms with Crippen LogP contribution in [0.5, 0.6) is 11.5 Å². The lowest BCUT2D eigenvalue weighted by atomic mass is 9.98. The zero-order valence-corrected chi connectivity index (χ0v) is 15.2. The van der Waals surface area contributed by atoms with Crippen molar-refractivity contribution < 1.29 is 9.47 Å². The largest absolute Gasteiger partial charge is 0.497 e. The molecule has 1 aromatic heterocycles. The summed E-state index contributed by atoms with van der Waals surface area (Å²) in [6.45, 7) is 0.765. The second kappa shape index (κ2) is 9.02. The van der Waals surface area contributed by atoms with Crippen LogP contribution in [0.1, 0.15) is 22.7 Å². The van der Waals surface area contributed by atoms with E-state index in [2.05, 4.69) is 40.6 Å². The van der Waals surface area contributed by atoms with E-state index < -0.39 is 0 Å². The molecule has 0 radical (unpaired) electrons. The minimum absolute atomic E-state index is 0.189. The molecule has 0 spiro atoms. The van der Waals surface area contributed by atoms with Gasteiger partial charge in [0.2, 0.25) is 0 Å². The minimum atomic E-state index is 0.189. The number of benzene rings is 2. The van der Waals surface area contributed by atoms with E-state index in [0.717, 1.165) is 24.5 Å². The number of hydrogen-bond donors (Lipinski definition) is 1. The molecule has 2 aromatic carbocycles. The Bertz CT molecular complexity index is 787. The van der Waals surface area contributed by atoms with Gasteiger partial charge in [0, 0.05) is 25.0 Å². The second-order valence-electron chi connectivity index (χ2n) is 6.12. The van der Waals surface area contributed by atoms with Crippen molar-refractivity contribution in [1.82, 2.24) is 10.3 Å². The smallest absolute Gasteiger partial charge is 0.118 e. The molecule has 134 valence electrons. The van der Waals surface area contributed by atoms with Gasteiger partial charge in [-0.2, -0.15) is 0 Å². The first-order valence-electron chi connectivity index (χ1n) is 8.67. The second-order valence-corrected chi connectivity index (χ2v) is 6.12. The predicted molar refractivity (Wildman–Crippen MR) is 104 cm³/mol. The average Bonchev–Trinajstić information content (AvgIpc) is 2.72. The molecule has 0 fully saturated rings. The minimum Gasteiger partial charge on any atom is -0.497 e. The zero-order chi connectivity index (χ0) is 18.2. The number of hydrogen-bond acceptors (Lipinski definition) is 4. The van der Waals surface area contributed by atoms with Crippen molar-refractivity contribution in [2.75, 3.05) is 14.2 Å². The summed E-state index contributed by atoms with van der Waals surface area (Å²) in [5.74, 6) is 1.74. The third-order valence-corrected chi connectivity index (χ3v) is 4.39. The van der Waals surface area contributed by atoms with Gasteiger partial charge in [0.1, 0.15) is 11.5 Å². The van der Waals surface area contributed by atoms with Crippen molar-refractivity contribution in [2.45, 2.75) is 19.0 Å². The van der Waals surface area contributed by atoms with E-state index in [1.165, 1.54) is 16.7 Å². The van der Waals surface area contributed by atoms with Crippen molar-refractivity contribution >= 4 is 0 Å². The molecule has 0 saturated carbocycles. The van der Waals surface area contributed by atoms with Crippen molar-refractivity contribution in [3.63, 3.8) is 0 Å². The van der Waals surface area contributed by atoms with Gasteiger partial charge in [-0.1, -0.05) is 30.3 Å². The highest BCUT2D eigenvalue weighted by atomic mass is 16.5. The molecule has 1 unspecified atom stereocenters. The van der Waals surface area contributed by atoms with Crippen molar-refractivity contribution in [3.05, 3.63) is 89.7 Å². The summed E-state index contributed by atoms with van der Waals surface area (Å²) in [6.07, 6.45) is 4.57. The SMILES string of the molecule is COc1ccc(CC(NCc2cccnc2)c2ccc(OC)cc2)cc1. The van der Waals surface area contributed by atoms with Crippen LogP contribution in [0.15, 0.2) is 73.1 Å². The normalized spacial score (nSPS) is 11.8. The maximum absolute atomic E-state index is 5.28. The Balaban J connectivity index is 1.77. The van der Waals surface area contributed by atoms with Crippen LogP contribution < -0.4 is 14.8 Å². The monoisotopic (exact) mass is 348 g/mol. The highest BCUT2D eigenvalue weighted by Gasteiger charge is 2.13. The first-order valence-corrected chi connectivity index (χ1v) is 8.67. The molecule has 3 rings (SSSR count). The fraction of sp³-hybridized carbons (Fsp3) is 0.227. The molecule has 26 heavy (non-hydrogen) atoms. The molecule has 1 atom stereocenters. The van der Waals surface area contributed by atoms with Crippen LogP contribution in [0, 0.1) is 0 Å².